The number of hydrogen-bond donors (Lipinski definition) is 3. The lowest BCUT2D eigenvalue weighted by Crippen LogP contribution is -2.43. The molecule has 0 aliphatic heterocycles. The van der Waals surface area contributed by atoms with Gasteiger partial charge in [-0.05, 0) is 18.2 Å². The minimum atomic E-state index is -1.36. The van der Waals surface area contributed by atoms with E-state index in [2.05, 4.69) is 5.32 Å². The van der Waals surface area contributed by atoms with Gasteiger partial charge in [0.1, 0.15) is 5.75 Å². The van der Waals surface area contributed by atoms with Gasteiger partial charge in [-0.3, -0.25) is 4.79 Å². The molecule has 6 nitrogen and oxygen atoms in total. The molecular weight excluding hydrogens is 262 g/mol. The molecule has 0 aliphatic carbocycles. The number of rotatable bonds is 5. The van der Waals surface area contributed by atoms with Crippen molar-refractivity contribution >= 4 is 23.5 Å². The van der Waals surface area contributed by atoms with Crippen molar-refractivity contribution in [1.82, 2.24) is 5.32 Å². The normalized spacial score (nSPS) is 11.7. The maximum Gasteiger partial charge on any atom is 0.328 e. The van der Waals surface area contributed by atoms with Gasteiger partial charge in [0.2, 0.25) is 0 Å². The Hall–Kier alpha value is -1.79. The fourth-order valence-electron chi connectivity index (χ4n) is 1.27. The number of halogens is 1. The summed E-state index contributed by atoms with van der Waals surface area (Å²) in [6, 6.07) is 2.96. The standard InChI is InChI=1S/C11H12ClNO5/c1-18-9-4-6(12)2-3-7(9)10(15)13-8(5-14)11(16)17/h2-4,8,14H,5H2,1H3,(H,13,15)(H,16,17)/t8-/m1/s1. The number of methoxy groups -OCH3 is 1. The first-order chi connectivity index (χ1) is 8.49. The molecular formula is C11H12ClNO5. The fourth-order valence-corrected chi connectivity index (χ4v) is 1.44. The minimum Gasteiger partial charge on any atom is -0.496 e. The predicted molar refractivity (Wildman–Crippen MR) is 64.0 cm³/mol. The van der Waals surface area contributed by atoms with Crippen LogP contribution in [0.1, 0.15) is 10.4 Å². The highest BCUT2D eigenvalue weighted by Gasteiger charge is 2.21. The molecule has 18 heavy (non-hydrogen) atoms. The van der Waals surface area contributed by atoms with Crippen LogP contribution < -0.4 is 10.1 Å². The average Bonchev–Trinajstić information content (AvgIpc) is 2.34. The second-order valence-corrected chi connectivity index (χ2v) is 3.83. The van der Waals surface area contributed by atoms with Crippen molar-refractivity contribution in [2.75, 3.05) is 13.7 Å². The number of aliphatic hydroxyl groups excluding tert-OH is 1. The van der Waals surface area contributed by atoms with Gasteiger partial charge in [-0.15, -0.1) is 0 Å². The van der Waals surface area contributed by atoms with E-state index in [9.17, 15) is 9.59 Å². The SMILES string of the molecule is COc1cc(Cl)ccc1C(=O)N[C@H](CO)C(=O)O. The summed E-state index contributed by atoms with van der Waals surface area (Å²) in [5.74, 6) is -1.76. The molecule has 0 saturated carbocycles. The number of aliphatic carboxylic acids is 1. The number of carbonyl (C=O) groups is 2. The predicted octanol–water partition coefficient (Wildman–Crippen LogP) is 0.524. The first kappa shape index (κ1) is 14.3. The molecule has 3 N–H and O–H groups in total. The lowest BCUT2D eigenvalue weighted by Gasteiger charge is -2.13. The van der Waals surface area contributed by atoms with Gasteiger partial charge in [-0.25, -0.2) is 4.79 Å². The van der Waals surface area contributed by atoms with E-state index in [1.54, 1.807) is 0 Å². The molecule has 0 heterocycles. The van der Waals surface area contributed by atoms with E-state index >= 15 is 0 Å². The maximum absolute atomic E-state index is 11.8. The van der Waals surface area contributed by atoms with Gasteiger partial charge in [-0.2, -0.15) is 0 Å². The molecule has 0 aromatic heterocycles. The van der Waals surface area contributed by atoms with Crippen LogP contribution in [0, 0.1) is 0 Å². The van der Waals surface area contributed by atoms with Crippen molar-refractivity contribution in [2.24, 2.45) is 0 Å². The third-order valence-corrected chi connectivity index (χ3v) is 2.43. The Morgan fingerprint density at radius 1 is 1.50 bits per heavy atom. The van der Waals surface area contributed by atoms with Crippen LogP contribution in [0.3, 0.4) is 0 Å². The molecule has 7 heteroatoms. The summed E-state index contributed by atoms with van der Waals surface area (Å²) in [6.45, 7) is -0.697. The Bertz CT molecular complexity index is 463. The van der Waals surface area contributed by atoms with Crippen LogP contribution in [0.15, 0.2) is 18.2 Å². The molecule has 1 amide bonds. The molecule has 0 saturated heterocycles. The zero-order chi connectivity index (χ0) is 13.7. The largest absolute Gasteiger partial charge is 0.496 e. The van der Waals surface area contributed by atoms with Crippen molar-refractivity contribution in [1.29, 1.82) is 0 Å². The van der Waals surface area contributed by atoms with E-state index < -0.39 is 24.5 Å². The van der Waals surface area contributed by atoms with E-state index in [4.69, 9.17) is 26.6 Å². The molecule has 1 rings (SSSR count). The first-order valence-electron chi connectivity index (χ1n) is 4.97. The molecule has 0 bridgehead atoms. The van der Waals surface area contributed by atoms with Crippen LogP contribution >= 0.6 is 11.6 Å². The molecule has 0 fully saturated rings. The Morgan fingerprint density at radius 3 is 2.67 bits per heavy atom. The Kier molecular flexibility index (Phi) is 4.94. The monoisotopic (exact) mass is 273 g/mol. The summed E-state index contributed by atoms with van der Waals surface area (Å²) in [5.41, 5.74) is 0.140. The number of amides is 1. The van der Waals surface area contributed by atoms with Gasteiger partial charge in [-0.1, -0.05) is 11.6 Å². The number of nitrogens with one attached hydrogen (secondary N) is 1. The van der Waals surface area contributed by atoms with Gasteiger partial charge in [0, 0.05) is 5.02 Å². The lowest BCUT2D eigenvalue weighted by molar-refractivity contribution is -0.140. The second kappa shape index (κ2) is 6.23. The highest BCUT2D eigenvalue weighted by atomic mass is 35.5. The van der Waals surface area contributed by atoms with Crippen LogP contribution in [-0.4, -0.2) is 41.8 Å². The summed E-state index contributed by atoms with van der Waals surface area (Å²) < 4.78 is 4.97. The van der Waals surface area contributed by atoms with Crippen molar-refractivity contribution in [2.45, 2.75) is 6.04 Å². The van der Waals surface area contributed by atoms with Crippen LogP contribution in [0.5, 0.6) is 5.75 Å². The Morgan fingerprint density at radius 2 is 2.17 bits per heavy atom. The highest BCUT2D eigenvalue weighted by molar-refractivity contribution is 6.30. The highest BCUT2D eigenvalue weighted by Crippen LogP contribution is 2.23. The van der Waals surface area contributed by atoms with Gasteiger partial charge in [0.25, 0.3) is 5.91 Å². The van der Waals surface area contributed by atoms with Crippen LogP contribution in [0.25, 0.3) is 0 Å². The quantitative estimate of drug-likeness (QED) is 0.727. The van der Waals surface area contributed by atoms with Gasteiger partial charge in [0.15, 0.2) is 6.04 Å². The van der Waals surface area contributed by atoms with Crippen molar-refractivity contribution < 1.29 is 24.5 Å². The van der Waals surface area contributed by atoms with E-state index in [1.165, 1.54) is 25.3 Å². The van der Waals surface area contributed by atoms with Gasteiger partial charge in [0.05, 0.1) is 19.3 Å². The summed E-state index contributed by atoms with van der Waals surface area (Å²) >= 11 is 5.74. The number of ether oxygens (including phenoxy) is 1. The van der Waals surface area contributed by atoms with Crippen molar-refractivity contribution in [3.05, 3.63) is 28.8 Å². The smallest absolute Gasteiger partial charge is 0.328 e. The Balaban J connectivity index is 2.93. The molecule has 1 atom stereocenters. The lowest BCUT2D eigenvalue weighted by atomic mass is 10.1. The van der Waals surface area contributed by atoms with E-state index in [1.807, 2.05) is 0 Å². The van der Waals surface area contributed by atoms with Crippen LogP contribution in [0.4, 0.5) is 0 Å². The number of benzene rings is 1. The summed E-state index contributed by atoms with van der Waals surface area (Å²) in [7, 11) is 1.36. The number of carboxylic acids is 1. The third kappa shape index (κ3) is 3.35. The van der Waals surface area contributed by atoms with Crippen molar-refractivity contribution in [3.63, 3.8) is 0 Å². The fraction of sp³-hybridized carbons (Fsp3) is 0.273. The molecule has 0 spiro atoms. The molecule has 0 aliphatic rings. The van der Waals surface area contributed by atoms with E-state index in [-0.39, 0.29) is 11.3 Å². The van der Waals surface area contributed by atoms with E-state index in [0.717, 1.165) is 0 Å². The first-order valence-corrected chi connectivity index (χ1v) is 5.35. The van der Waals surface area contributed by atoms with Crippen LogP contribution in [0.2, 0.25) is 5.02 Å². The summed E-state index contributed by atoms with van der Waals surface area (Å²) in [6.07, 6.45) is 0. The zero-order valence-electron chi connectivity index (χ0n) is 9.51. The maximum atomic E-state index is 11.8. The van der Waals surface area contributed by atoms with E-state index in [0.29, 0.717) is 5.02 Å². The average molecular weight is 274 g/mol. The molecule has 0 unspecified atom stereocenters. The van der Waals surface area contributed by atoms with Crippen LogP contribution in [-0.2, 0) is 4.79 Å². The van der Waals surface area contributed by atoms with Gasteiger partial charge < -0.3 is 20.3 Å². The molecule has 1 aromatic carbocycles. The van der Waals surface area contributed by atoms with Crippen molar-refractivity contribution in [3.8, 4) is 5.75 Å². The number of carbonyl (C=O) groups excluding carboxylic acids is 1. The topological polar surface area (TPSA) is 95.9 Å². The Labute approximate surface area is 108 Å². The number of aliphatic hydroxyl groups is 1. The number of carboxylic acid groups (broad SMARTS) is 1. The summed E-state index contributed by atoms with van der Waals surface area (Å²) in [5, 5.41) is 20.1. The third-order valence-electron chi connectivity index (χ3n) is 2.19. The minimum absolute atomic E-state index is 0.140. The second-order valence-electron chi connectivity index (χ2n) is 3.39. The summed E-state index contributed by atoms with van der Waals surface area (Å²) in [4.78, 5) is 22.5. The molecule has 1 aromatic rings. The zero-order valence-corrected chi connectivity index (χ0v) is 10.3. The molecule has 0 radical (unpaired) electrons. The number of hydrogen-bond acceptors (Lipinski definition) is 4. The van der Waals surface area contributed by atoms with Gasteiger partial charge >= 0.3 is 5.97 Å². The molecule has 98 valence electrons.